The van der Waals surface area contributed by atoms with Crippen LogP contribution in [0.5, 0.6) is 11.5 Å². The van der Waals surface area contributed by atoms with E-state index < -0.39 is 5.97 Å². The smallest absolute Gasteiger partial charge is 0.308 e. The third kappa shape index (κ3) is 4.80. The number of carbonyl (C=O) groups is 1. The van der Waals surface area contributed by atoms with Crippen molar-refractivity contribution in [3.63, 3.8) is 0 Å². The molecule has 4 heteroatoms. The van der Waals surface area contributed by atoms with E-state index in [-0.39, 0.29) is 23.3 Å². The van der Waals surface area contributed by atoms with Gasteiger partial charge in [-0.15, -0.1) is 5.92 Å². The van der Waals surface area contributed by atoms with Crippen molar-refractivity contribution in [1.29, 1.82) is 0 Å². The summed E-state index contributed by atoms with van der Waals surface area (Å²) in [6.45, 7) is 9.91. The van der Waals surface area contributed by atoms with E-state index in [0.717, 1.165) is 44.3 Å². The van der Waals surface area contributed by atoms with Gasteiger partial charge in [-0.25, -0.2) is 0 Å². The van der Waals surface area contributed by atoms with Gasteiger partial charge >= 0.3 is 5.97 Å². The first-order valence-corrected chi connectivity index (χ1v) is 9.74. The van der Waals surface area contributed by atoms with Gasteiger partial charge in [-0.3, -0.25) is 4.79 Å². The first kappa shape index (κ1) is 20.3. The predicted molar refractivity (Wildman–Crippen MR) is 104 cm³/mol. The molecular weight excluding hydrogens is 326 g/mol. The Morgan fingerprint density at radius 3 is 2.62 bits per heavy atom. The highest BCUT2D eigenvalue weighted by molar-refractivity contribution is 5.70. The molecule has 1 N–H and O–H groups in total. The van der Waals surface area contributed by atoms with Crippen LogP contribution in [-0.2, 0) is 4.79 Å². The van der Waals surface area contributed by atoms with Gasteiger partial charge in [-0.2, -0.15) is 0 Å². The second kappa shape index (κ2) is 9.64. The van der Waals surface area contributed by atoms with Crippen LogP contribution < -0.4 is 4.74 Å². The Hall–Kier alpha value is -1.99. The summed E-state index contributed by atoms with van der Waals surface area (Å²) in [7, 11) is 0. The van der Waals surface area contributed by atoms with Gasteiger partial charge in [0, 0.05) is 36.8 Å². The Kier molecular flexibility index (Phi) is 7.53. The van der Waals surface area contributed by atoms with E-state index in [1.165, 1.54) is 6.92 Å². The van der Waals surface area contributed by atoms with Gasteiger partial charge in [0.05, 0.1) is 0 Å². The molecule has 1 aliphatic rings. The van der Waals surface area contributed by atoms with Crippen molar-refractivity contribution in [3.8, 4) is 23.3 Å². The first-order chi connectivity index (χ1) is 12.5. The van der Waals surface area contributed by atoms with Crippen LogP contribution in [0.4, 0.5) is 0 Å². The molecule has 0 saturated heterocycles. The highest BCUT2D eigenvalue weighted by atomic mass is 16.5. The average Bonchev–Trinajstić information content (AvgIpc) is 2.63. The summed E-state index contributed by atoms with van der Waals surface area (Å²) in [6, 6.07) is 5.95. The van der Waals surface area contributed by atoms with Gasteiger partial charge in [-0.1, -0.05) is 38.8 Å². The van der Waals surface area contributed by atoms with Crippen LogP contribution in [0.1, 0.15) is 64.9 Å². The SMILES string of the molecule is CCC#CC1CC(N(CC)CC)CCC1c1cccc(OC(C)=O)c1O. The first-order valence-electron chi connectivity index (χ1n) is 9.74. The van der Waals surface area contributed by atoms with Gasteiger partial charge in [0.25, 0.3) is 0 Å². The summed E-state index contributed by atoms with van der Waals surface area (Å²) in [5, 5.41) is 10.7. The zero-order valence-electron chi connectivity index (χ0n) is 16.4. The van der Waals surface area contributed by atoms with Gasteiger partial charge in [0.1, 0.15) is 0 Å². The summed E-state index contributed by atoms with van der Waals surface area (Å²) in [5.74, 6) is 6.95. The van der Waals surface area contributed by atoms with Crippen LogP contribution in [-0.4, -0.2) is 35.1 Å². The number of ether oxygens (including phenoxy) is 1. The molecule has 0 radical (unpaired) electrons. The monoisotopic (exact) mass is 357 g/mol. The third-order valence-electron chi connectivity index (χ3n) is 5.30. The molecule has 3 atom stereocenters. The van der Waals surface area contributed by atoms with Crippen molar-refractivity contribution in [2.75, 3.05) is 13.1 Å². The van der Waals surface area contributed by atoms with Gasteiger partial charge in [0.2, 0.25) is 0 Å². The fourth-order valence-corrected chi connectivity index (χ4v) is 4.06. The van der Waals surface area contributed by atoms with Crippen LogP contribution in [0.15, 0.2) is 18.2 Å². The number of phenols is 1. The number of phenolic OH excluding ortho intramolecular Hbond substituents is 1. The van der Waals surface area contributed by atoms with Crippen molar-refractivity contribution >= 4 is 5.97 Å². The maximum absolute atomic E-state index is 11.3. The average molecular weight is 357 g/mol. The Morgan fingerprint density at radius 1 is 1.27 bits per heavy atom. The van der Waals surface area contributed by atoms with E-state index in [1.54, 1.807) is 6.07 Å². The molecular formula is C22H31NO3. The molecule has 0 heterocycles. The van der Waals surface area contributed by atoms with E-state index in [0.29, 0.717) is 6.04 Å². The molecule has 1 aromatic carbocycles. The quantitative estimate of drug-likeness (QED) is 0.484. The minimum Gasteiger partial charge on any atom is -0.504 e. The van der Waals surface area contributed by atoms with E-state index in [2.05, 4.69) is 37.5 Å². The Balaban J connectivity index is 2.31. The van der Waals surface area contributed by atoms with Gasteiger partial charge < -0.3 is 14.7 Å². The second-order valence-corrected chi connectivity index (χ2v) is 6.86. The molecule has 142 valence electrons. The molecule has 4 nitrogen and oxygen atoms in total. The van der Waals surface area contributed by atoms with E-state index in [9.17, 15) is 9.90 Å². The molecule has 1 aromatic rings. The zero-order chi connectivity index (χ0) is 19.1. The fraction of sp³-hybridized carbons (Fsp3) is 0.591. The van der Waals surface area contributed by atoms with Crippen LogP contribution in [0, 0.1) is 17.8 Å². The number of aromatic hydroxyl groups is 1. The highest BCUT2D eigenvalue weighted by Crippen LogP contribution is 2.44. The lowest BCUT2D eigenvalue weighted by molar-refractivity contribution is -0.132. The fourth-order valence-electron chi connectivity index (χ4n) is 4.06. The molecule has 0 bridgehead atoms. The minimum atomic E-state index is -0.426. The number of benzene rings is 1. The Bertz CT molecular complexity index is 670. The number of hydrogen-bond donors (Lipinski definition) is 1. The maximum Gasteiger partial charge on any atom is 0.308 e. The van der Waals surface area contributed by atoms with Crippen LogP contribution in [0.25, 0.3) is 0 Å². The standard InChI is InChI=1S/C22H31NO3/c1-5-8-10-17-15-18(23(6-2)7-3)13-14-19(17)20-11-9-12-21(22(20)25)26-16(4)24/h9,11-12,17-19,25H,5-7,13-15H2,1-4H3. The molecule has 1 aliphatic carbocycles. The predicted octanol–water partition coefficient (Wildman–Crippen LogP) is 4.33. The van der Waals surface area contributed by atoms with Gasteiger partial charge in [-0.05, 0) is 38.4 Å². The summed E-state index contributed by atoms with van der Waals surface area (Å²) in [6.07, 6.45) is 3.91. The number of esters is 1. The zero-order valence-corrected chi connectivity index (χ0v) is 16.4. The number of para-hydroxylation sites is 1. The largest absolute Gasteiger partial charge is 0.504 e. The van der Waals surface area contributed by atoms with Crippen LogP contribution in [0.3, 0.4) is 0 Å². The molecule has 3 unspecified atom stereocenters. The third-order valence-corrected chi connectivity index (χ3v) is 5.30. The van der Waals surface area contributed by atoms with Crippen molar-refractivity contribution in [2.24, 2.45) is 5.92 Å². The summed E-state index contributed by atoms with van der Waals surface area (Å²) < 4.78 is 5.15. The second-order valence-electron chi connectivity index (χ2n) is 6.86. The van der Waals surface area contributed by atoms with E-state index >= 15 is 0 Å². The molecule has 1 saturated carbocycles. The maximum atomic E-state index is 11.3. The molecule has 0 aromatic heterocycles. The molecule has 1 fully saturated rings. The van der Waals surface area contributed by atoms with Crippen molar-refractivity contribution in [1.82, 2.24) is 4.90 Å². The molecule has 0 spiro atoms. The van der Waals surface area contributed by atoms with Crippen molar-refractivity contribution < 1.29 is 14.6 Å². The van der Waals surface area contributed by atoms with E-state index in [1.807, 2.05) is 12.1 Å². The number of nitrogens with zero attached hydrogens (tertiary/aromatic N) is 1. The number of rotatable bonds is 5. The number of hydrogen-bond acceptors (Lipinski definition) is 4. The molecule has 26 heavy (non-hydrogen) atoms. The summed E-state index contributed by atoms with van der Waals surface area (Å²) in [4.78, 5) is 13.8. The summed E-state index contributed by atoms with van der Waals surface area (Å²) in [5.41, 5.74) is 0.845. The van der Waals surface area contributed by atoms with Crippen LogP contribution >= 0.6 is 0 Å². The van der Waals surface area contributed by atoms with Crippen LogP contribution in [0.2, 0.25) is 0 Å². The minimum absolute atomic E-state index is 0.0808. The lowest BCUT2D eigenvalue weighted by atomic mass is 9.73. The van der Waals surface area contributed by atoms with Crippen molar-refractivity contribution in [3.05, 3.63) is 23.8 Å². The Labute approximate surface area is 157 Å². The number of carbonyl (C=O) groups excluding carboxylic acids is 1. The van der Waals surface area contributed by atoms with Crippen molar-refractivity contribution in [2.45, 2.75) is 65.3 Å². The molecule has 0 amide bonds. The summed E-state index contributed by atoms with van der Waals surface area (Å²) >= 11 is 0. The Morgan fingerprint density at radius 2 is 2.00 bits per heavy atom. The molecule has 2 rings (SSSR count). The lowest BCUT2D eigenvalue weighted by Gasteiger charge is -2.39. The lowest BCUT2D eigenvalue weighted by Crippen LogP contribution is -2.40. The van der Waals surface area contributed by atoms with Gasteiger partial charge in [0.15, 0.2) is 11.5 Å². The topological polar surface area (TPSA) is 49.8 Å². The highest BCUT2D eigenvalue weighted by Gasteiger charge is 2.34. The van der Waals surface area contributed by atoms with E-state index in [4.69, 9.17) is 4.74 Å². The normalized spacial score (nSPS) is 22.6. The molecule has 0 aliphatic heterocycles.